The maximum Gasteiger partial charge on any atom is 0.244 e. The van der Waals surface area contributed by atoms with Gasteiger partial charge in [-0.3, -0.25) is 14.4 Å². The number of piperazine rings is 1. The van der Waals surface area contributed by atoms with E-state index in [4.69, 9.17) is 0 Å². The average Bonchev–Trinajstić information content (AvgIpc) is 2.95. The predicted molar refractivity (Wildman–Crippen MR) is 93.0 cm³/mol. The Hall–Kier alpha value is -1.66. The highest BCUT2D eigenvalue weighted by Gasteiger charge is 2.21. The molecule has 1 aliphatic heterocycles. The summed E-state index contributed by atoms with van der Waals surface area (Å²) >= 11 is 3.35. The van der Waals surface area contributed by atoms with Gasteiger partial charge in [-0.25, -0.2) is 0 Å². The van der Waals surface area contributed by atoms with Crippen molar-refractivity contribution in [2.24, 2.45) is 0 Å². The molecule has 1 fully saturated rings. The molecule has 0 unspecified atom stereocenters. The predicted octanol–water partition coefficient (Wildman–Crippen LogP) is 2.30. The first-order valence-corrected chi connectivity index (χ1v) is 8.63. The summed E-state index contributed by atoms with van der Waals surface area (Å²) in [5.74, 6) is 0.135. The van der Waals surface area contributed by atoms with Crippen molar-refractivity contribution < 1.29 is 4.79 Å². The van der Waals surface area contributed by atoms with E-state index in [0.29, 0.717) is 6.54 Å². The first kappa shape index (κ1) is 16.2. The minimum Gasteiger partial charge on any atom is -0.339 e. The van der Waals surface area contributed by atoms with Crippen molar-refractivity contribution in [2.75, 3.05) is 26.2 Å². The Balaban J connectivity index is 1.48. The molecule has 2 heterocycles. The quantitative estimate of drug-likeness (QED) is 0.821. The number of benzene rings is 1. The zero-order valence-corrected chi connectivity index (χ0v) is 14.9. The van der Waals surface area contributed by atoms with E-state index < -0.39 is 0 Å². The summed E-state index contributed by atoms with van der Waals surface area (Å²) in [6, 6.07) is 8.67. The molecule has 0 aliphatic carbocycles. The molecular formula is C17H21BrN4O. The molecule has 23 heavy (non-hydrogen) atoms. The van der Waals surface area contributed by atoms with Crippen LogP contribution < -0.4 is 0 Å². The number of hydrogen-bond acceptors (Lipinski definition) is 3. The molecule has 2 aromatic rings. The number of nitrogens with zero attached hydrogens (tertiary/aromatic N) is 4. The van der Waals surface area contributed by atoms with Gasteiger partial charge < -0.3 is 4.90 Å². The van der Waals surface area contributed by atoms with Crippen molar-refractivity contribution in [3.63, 3.8) is 0 Å². The van der Waals surface area contributed by atoms with Crippen LogP contribution in [0.5, 0.6) is 0 Å². The van der Waals surface area contributed by atoms with Crippen molar-refractivity contribution in [1.29, 1.82) is 0 Å². The Morgan fingerprint density at radius 2 is 1.87 bits per heavy atom. The van der Waals surface area contributed by atoms with Gasteiger partial charge in [-0.2, -0.15) is 5.10 Å². The van der Waals surface area contributed by atoms with Gasteiger partial charge in [0.15, 0.2) is 0 Å². The molecule has 3 rings (SSSR count). The molecule has 0 atom stereocenters. The van der Waals surface area contributed by atoms with E-state index in [1.807, 2.05) is 11.1 Å². The molecule has 0 saturated carbocycles. The molecule has 5 nitrogen and oxygen atoms in total. The van der Waals surface area contributed by atoms with E-state index in [2.05, 4.69) is 57.1 Å². The van der Waals surface area contributed by atoms with Crippen molar-refractivity contribution in [3.8, 4) is 0 Å². The van der Waals surface area contributed by atoms with Crippen molar-refractivity contribution in [2.45, 2.75) is 20.0 Å². The summed E-state index contributed by atoms with van der Waals surface area (Å²) in [5, 5.41) is 4.14. The zero-order chi connectivity index (χ0) is 16.2. The molecule has 1 aromatic heterocycles. The first-order chi connectivity index (χ1) is 11.1. The molecule has 0 bridgehead atoms. The Morgan fingerprint density at radius 1 is 1.17 bits per heavy atom. The van der Waals surface area contributed by atoms with Crippen LogP contribution in [0.15, 0.2) is 41.1 Å². The van der Waals surface area contributed by atoms with Gasteiger partial charge in [0.05, 0.1) is 10.7 Å². The number of carbonyl (C=O) groups is 1. The number of aryl methyl sites for hydroxylation is 1. The van der Waals surface area contributed by atoms with Gasteiger partial charge in [-0.1, -0.05) is 29.8 Å². The highest BCUT2D eigenvalue weighted by Crippen LogP contribution is 2.11. The van der Waals surface area contributed by atoms with Gasteiger partial charge in [0.25, 0.3) is 0 Å². The summed E-state index contributed by atoms with van der Waals surface area (Å²) < 4.78 is 2.57. The van der Waals surface area contributed by atoms with E-state index in [-0.39, 0.29) is 5.91 Å². The highest BCUT2D eigenvalue weighted by molar-refractivity contribution is 9.10. The van der Waals surface area contributed by atoms with Crippen LogP contribution in [0.25, 0.3) is 0 Å². The lowest BCUT2D eigenvalue weighted by Gasteiger charge is -2.34. The van der Waals surface area contributed by atoms with Crippen LogP contribution in [-0.2, 0) is 17.9 Å². The largest absolute Gasteiger partial charge is 0.339 e. The zero-order valence-electron chi connectivity index (χ0n) is 13.3. The second-order valence-electron chi connectivity index (χ2n) is 6.00. The molecule has 0 N–H and O–H groups in total. The fourth-order valence-electron chi connectivity index (χ4n) is 2.77. The number of aromatic nitrogens is 2. The third-order valence-electron chi connectivity index (χ3n) is 4.15. The Morgan fingerprint density at radius 3 is 2.48 bits per heavy atom. The van der Waals surface area contributed by atoms with Crippen molar-refractivity contribution in [1.82, 2.24) is 19.6 Å². The molecular weight excluding hydrogens is 356 g/mol. The van der Waals surface area contributed by atoms with E-state index in [9.17, 15) is 4.79 Å². The third kappa shape index (κ3) is 4.42. The van der Waals surface area contributed by atoms with Gasteiger partial charge in [0.2, 0.25) is 5.91 Å². The van der Waals surface area contributed by atoms with Gasteiger partial charge in [-0.15, -0.1) is 0 Å². The average molecular weight is 377 g/mol. The van der Waals surface area contributed by atoms with Crippen molar-refractivity contribution in [3.05, 3.63) is 52.3 Å². The SMILES string of the molecule is Cc1ccc(CN2CCN(C(=O)Cn3cc(Br)cn3)CC2)cc1. The van der Waals surface area contributed by atoms with Crippen LogP contribution in [0.2, 0.25) is 0 Å². The first-order valence-electron chi connectivity index (χ1n) is 7.84. The molecule has 6 heteroatoms. The molecule has 0 radical (unpaired) electrons. The monoisotopic (exact) mass is 376 g/mol. The van der Waals surface area contributed by atoms with Crippen LogP contribution in [0, 0.1) is 6.92 Å². The second-order valence-corrected chi connectivity index (χ2v) is 6.91. The third-order valence-corrected chi connectivity index (χ3v) is 4.56. The van der Waals surface area contributed by atoms with Crippen molar-refractivity contribution >= 4 is 21.8 Å². The summed E-state index contributed by atoms with van der Waals surface area (Å²) in [7, 11) is 0. The smallest absolute Gasteiger partial charge is 0.244 e. The molecule has 1 amide bonds. The van der Waals surface area contributed by atoms with Gasteiger partial charge >= 0.3 is 0 Å². The van der Waals surface area contributed by atoms with E-state index in [1.54, 1.807) is 10.9 Å². The highest BCUT2D eigenvalue weighted by atomic mass is 79.9. The number of carbonyl (C=O) groups excluding carboxylic acids is 1. The molecule has 1 saturated heterocycles. The second kappa shape index (κ2) is 7.27. The number of halogens is 1. The van der Waals surface area contributed by atoms with Crippen LogP contribution in [-0.4, -0.2) is 51.7 Å². The number of amides is 1. The van der Waals surface area contributed by atoms with E-state index in [1.165, 1.54) is 11.1 Å². The molecule has 0 spiro atoms. The Kier molecular flexibility index (Phi) is 5.13. The normalized spacial score (nSPS) is 15.8. The summed E-state index contributed by atoms with van der Waals surface area (Å²) in [4.78, 5) is 16.6. The van der Waals surface area contributed by atoms with E-state index >= 15 is 0 Å². The van der Waals surface area contributed by atoms with Gasteiger partial charge in [0.1, 0.15) is 6.54 Å². The lowest BCUT2D eigenvalue weighted by Crippen LogP contribution is -2.49. The minimum atomic E-state index is 0.135. The van der Waals surface area contributed by atoms with Crippen LogP contribution in [0.4, 0.5) is 0 Å². The number of hydrogen-bond donors (Lipinski definition) is 0. The summed E-state index contributed by atoms with van der Waals surface area (Å²) in [5.41, 5.74) is 2.62. The van der Waals surface area contributed by atoms with E-state index in [0.717, 1.165) is 37.2 Å². The topological polar surface area (TPSA) is 41.4 Å². The van der Waals surface area contributed by atoms with Crippen LogP contribution >= 0.6 is 15.9 Å². The molecule has 122 valence electrons. The fourth-order valence-corrected chi connectivity index (χ4v) is 3.10. The number of rotatable bonds is 4. The minimum absolute atomic E-state index is 0.135. The molecule has 1 aliphatic rings. The summed E-state index contributed by atoms with van der Waals surface area (Å²) in [6.45, 7) is 6.77. The maximum atomic E-state index is 12.3. The Labute approximate surface area is 145 Å². The fraction of sp³-hybridized carbons (Fsp3) is 0.412. The lowest BCUT2D eigenvalue weighted by atomic mass is 10.1. The molecule has 1 aromatic carbocycles. The van der Waals surface area contributed by atoms with Gasteiger partial charge in [0, 0.05) is 38.9 Å². The standard InChI is InChI=1S/C17H21BrN4O/c1-14-2-4-15(5-3-14)11-20-6-8-21(9-7-20)17(23)13-22-12-16(18)10-19-22/h2-5,10,12H,6-9,11,13H2,1H3. The Bertz CT molecular complexity index is 659. The lowest BCUT2D eigenvalue weighted by molar-refractivity contribution is -0.133. The van der Waals surface area contributed by atoms with Gasteiger partial charge in [-0.05, 0) is 28.4 Å². The van der Waals surface area contributed by atoms with Crippen LogP contribution in [0.1, 0.15) is 11.1 Å². The maximum absolute atomic E-state index is 12.3. The summed E-state index contributed by atoms with van der Waals surface area (Å²) in [6.07, 6.45) is 3.53. The van der Waals surface area contributed by atoms with Crippen LogP contribution in [0.3, 0.4) is 0 Å².